The Labute approximate surface area is 99.1 Å². The van der Waals surface area contributed by atoms with E-state index < -0.39 is 0 Å². The van der Waals surface area contributed by atoms with Crippen molar-refractivity contribution in [2.24, 2.45) is 5.73 Å². The van der Waals surface area contributed by atoms with Crippen molar-refractivity contribution in [3.8, 4) is 0 Å². The lowest BCUT2D eigenvalue weighted by Gasteiger charge is -2.28. The second-order valence-electron chi connectivity index (χ2n) is 4.48. The lowest BCUT2D eigenvalue weighted by molar-refractivity contribution is 0.00128. The van der Waals surface area contributed by atoms with E-state index in [2.05, 4.69) is 11.9 Å². The lowest BCUT2D eigenvalue weighted by Crippen LogP contribution is -2.34. The number of rotatable bonds is 8. The van der Waals surface area contributed by atoms with Gasteiger partial charge in [-0.3, -0.25) is 0 Å². The molecule has 0 aromatic carbocycles. The van der Waals surface area contributed by atoms with Gasteiger partial charge in [0.1, 0.15) is 0 Å². The first-order valence-corrected chi connectivity index (χ1v) is 6.41. The number of nitrogens with zero attached hydrogens (tertiary/aromatic N) is 1. The van der Waals surface area contributed by atoms with Gasteiger partial charge in [0.15, 0.2) is 0 Å². The van der Waals surface area contributed by atoms with Gasteiger partial charge in [-0.2, -0.15) is 0 Å². The van der Waals surface area contributed by atoms with Crippen LogP contribution in [-0.2, 0) is 9.47 Å². The minimum atomic E-state index is 0.472. The molecule has 2 N–H and O–H groups in total. The first-order valence-electron chi connectivity index (χ1n) is 6.41. The van der Waals surface area contributed by atoms with Crippen LogP contribution in [0.25, 0.3) is 0 Å². The Morgan fingerprint density at radius 2 is 1.81 bits per heavy atom. The Bertz CT molecular complexity index is 159. The Balaban J connectivity index is 1.84. The van der Waals surface area contributed by atoms with Crippen LogP contribution in [-0.4, -0.2) is 57.5 Å². The molecular weight excluding hydrogens is 204 g/mol. The largest absolute Gasteiger partial charge is 0.381 e. The van der Waals surface area contributed by atoms with Crippen LogP contribution in [0.15, 0.2) is 0 Å². The van der Waals surface area contributed by atoms with Crippen LogP contribution in [0.5, 0.6) is 0 Å². The zero-order valence-electron chi connectivity index (χ0n) is 10.5. The van der Waals surface area contributed by atoms with Crippen molar-refractivity contribution in [2.45, 2.75) is 31.8 Å². The maximum atomic E-state index is 5.81. The van der Waals surface area contributed by atoms with Crippen LogP contribution in [0.2, 0.25) is 0 Å². The van der Waals surface area contributed by atoms with Gasteiger partial charge in [-0.25, -0.2) is 0 Å². The van der Waals surface area contributed by atoms with E-state index in [1.807, 2.05) is 0 Å². The second-order valence-corrected chi connectivity index (χ2v) is 4.48. The van der Waals surface area contributed by atoms with Crippen LogP contribution in [0, 0.1) is 0 Å². The number of likely N-dealkylation sites (tertiary alicyclic amines) is 1. The van der Waals surface area contributed by atoms with Crippen molar-refractivity contribution in [1.29, 1.82) is 0 Å². The number of hydrogen-bond acceptors (Lipinski definition) is 4. The van der Waals surface area contributed by atoms with Gasteiger partial charge in [-0.15, -0.1) is 0 Å². The summed E-state index contributed by atoms with van der Waals surface area (Å²) in [7, 11) is 2.17. The first kappa shape index (κ1) is 13.9. The monoisotopic (exact) mass is 230 g/mol. The van der Waals surface area contributed by atoms with Gasteiger partial charge in [0.05, 0.1) is 6.10 Å². The van der Waals surface area contributed by atoms with Crippen molar-refractivity contribution in [2.75, 3.05) is 46.5 Å². The molecule has 1 aliphatic heterocycles. The van der Waals surface area contributed by atoms with Gasteiger partial charge in [0.25, 0.3) is 0 Å². The second kappa shape index (κ2) is 8.93. The van der Waals surface area contributed by atoms with E-state index in [1.54, 1.807) is 0 Å². The normalized spacial score (nSPS) is 19.1. The predicted molar refractivity (Wildman–Crippen MR) is 65.6 cm³/mol. The van der Waals surface area contributed by atoms with Gasteiger partial charge in [0.2, 0.25) is 0 Å². The van der Waals surface area contributed by atoms with Crippen LogP contribution in [0.1, 0.15) is 25.7 Å². The molecule has 0 atom stereocenters. The molecule has 4 nitrogen and oxygen atoms in total. The molecule has 1 fully saturated rings. The van der Waals surface area contributed by atoms with Crippen LogP contribution in [0.4, 0.5) is 0 Å². The molecule has 0 bridgehead atoms. The molecule has 0 aromatic heterocycles. The van der Waals surface area contributed by atoms with E-state index in [0.29, 0.717) is 12.6 Å². The fourth-order valence-corrected chi connectivity index (χ4v) is 1.85. The molecule has 16 heavy (non-hydrogen) atoms. The fourth-order valence-electron chi connectivity index (χ4n) is 1.85. The Kier molecular flexibility index (Phi) is 7.76. The quantitative estimate of drug-likeness (QED) is 0.628. The molecular formula is C12H26N2O2. The molecule has 96 valence electrons. The summed E-state index contributed by atoms with van der Waals surface area (Å²) < 4.78 is 11.2. The van der Waals surface area contributed by atoms with Crippen LogP contribution >= 0.6 is 0 Å². The van der Waals surface area contributed by atoms with E-state index in [4.69, 9.17) is 15.2 Å². The molecule has 0 amide bonds. The minimum Gasteiger partial charge on any atom is -0.381 e. The van der Waals surface area contributed by atoms with E-state index in [0.717, 1.165) is 45.8 Å². The number of hydrogen-bond donors (Lipinski definition) is 1. The van der Waals surface area contributed by atoms with Gasteiger partial charge >= 0.3 is 0 Å². The third kappa shape index (κ3) is 6.43. The highest BCUT2D eigenvalue weighted by Gasteiger charge is 2.16. The zero-order chi connectivity index (χ0) is 11.6. The van der Waals surface area contributed by atoms with Crippen molar-refractivity contribution < 1.29 is 9.47 Å². The maximum Gasteiger partial charge on any atom is 0.0599 e. The molecule has 1 aliphatic rings. The van der Waals surface area contributed by atoms with E-state index >= 15 is 0 Å². The van der Waals surface area contributed by atoms with E-state index in [-0.39, 0.29) is 0 Å². The van der Waals surface area contributed by atoms with Crippen LogP contribution in [0.3, 0.4) is 0 Å². The zero-order valence-corrected chi connectivity index (χ0v) is 10.5. The molecule has 1 rings (SSSR count). The molecule has 0 unspecified atom stereocenters. The minimum absolute atomic E-state index is 0.472. The van der Waals surface area contributed by atoms with Crippen LogP contribution < -0.4 is 5.73 Å². The number of piperidine rings is 1. The predicted octanol–water partition coefficient (Wildman–Crippen LogP) is 0.853. The molecule has 0 radical (unpaired) electrons. The average Bonchev–Trinajstić information content (AvgIpc) is 2.30. The van der Waals surface area contributed by atoms with Gasteiger partial charge in [0, 0.05) is 32.9 Å². The van der Waals surface area contributed by atoms with Gasteiger partial charge in [-0.1, -0.05) is 0 Å². The van der Waals surface area contributed by atoms with Crippen molar-refractivity contribution in [3.05, 3.63) is 0 Å². The highest BCUT2D eigenvalue weighted by molar-refractivity contribution is 4.69. The third-order valence-corrected chi connectivity index (χ3v) is 2.94. The third-order valence-electron chi connectivity index (χ3n) is 2.94. The lowest BCUT2D eigenvalue weighted by atomic mass is 10.1. The van der Waals surface area contributed by atoms with Crippen molar-refractivity contribution >= 4 is 0 Å². The summed E-state index contributed by atoms with van der Waals surface area (Å²) >= 11 is 0. The highest BCUT2D eigenvalue weighted by atomic mass is 16.5. The topological polar surface area (TPSA) is 47.7 Å². The SMILES string of the molecule is CN1CCC(OCCCOCCCN)CC1. The first-order chi connectivity index (χ1) is 7.83. The molecule has 0 saturated carbocycles. The molecule has 4 heteroatoms. The molecule has 0 spiro atoms. The molecule has 0 aliphatic carbocycles. The van der Waals surface area contributed by atoms with E-state index in [1.165, 1.54) is 12.8 Å². The van der Waals surface area contributed by atoms with E-state index in [9.17, 15) is 0 Å². The fraction of sp³-hybridized carbons (Fsp3) is 1.00. The summed E-state index contributed by atoms with van der Waals surface area (Å²) in [5.41, 5.74) is 5.37. The maximum absolute atomic E-state index is 5.81. The van der Waals surface area contributed by atoms with Crippen molar-refractivity contribution in [1.82, 2.24) is 4.90 Å². The molecule has 1 heterocycles. The smallest absolute Gasteiger partial charge is 0.0599 e. The van der Waals surface area contributed by atoms with Gasteiger partial charge in [-0.05, 0) is 39.3 Å². The van der Waals surface area contributed by atoms with Crippen molar-refractivity contribution in [3.63, 3.8) is 0 Å². The summed E-state index contributed by atoms with van der Waals surface area (Å²) in [5, 5.41) is 0. The Morgan fingerprint density at radius 3 is 2.50 bits per heavy atom. The Morgan fingerprint density at radius 1 is 1.12 bits per heavy atom. The summed E-state index contributed by atoms with van der Waals surface area (Å²) in [5.74, 6) is 0. The number of nitrogens with two attached hydrogens (primary N) is 1. The summed E-state index contributed by atoms with van der Waals surface area (Å²) in [6, 6.07) is 0. The van der Waals surface area contributed by atoms with Gasteiger partial charge < -0.3 is 20.1 Å². The summed E-state index contributed by atoms with van der Waals surface area (Å²) in [6.07, 6.45) is 4.77. The standard InChI is InChI=1S/C12H26N2O2/c1-14-7-4-12(5-8-14)16-11-3-10-15-9-2-6-13/h12H,2-11,13H2,1H3. The summed E-state index contributed by atoms with van der Waals surface area (Å²) in [6.45, 7) is 5.45. The average molecular weight is 230 g/mol. The Hall–Kier alpha value is -0.160. The molecule has 1 saturated heterocycles. The number of ether oxygens (including phenoxy) is 2. The summed E-state index contributed by atoms with van der Waals surface area (Å²) in [4.78, 5) is 2.36. The highest BCUT2D eigenvalue weighted by Crippen LogP contribution is 2.12. The molecule has 0 aromatic rings.